The minimum atomic E-state index is -0.518. The highest BCUT2D eigenvalue weighted by atomic mass is 16.6. The van der Waals surface area contributed by atoms with E-state index >= 15 is 0 Å². The van der Waals surface area contributed by atoms with Gasteiger partial charge in [-0.15, -0.1) is 0 Å². The van der Waals surface area contributed by atoms with Gasteiger partial charge in [0.25, 0.3) is 0 Å². The maximum Gasteiger partial charge on any atom is 0.407 e. The van der Waals surface area contributed by atoms with Crippen molar-refractivity contribution in [3.8, 4) is 0 Å². The second-order valence-electron chi connectivity index (χ2n) is 6.20. The van der Waals surface area contributed by atoms with Crippen LogP contribution in [0.15, 0.2) is 0 Å². The van der Waals surface area contributed by atoms with Crippen LogP contribution >= 0.6 is 0 Å². The van der Waals surface area contributed by atoms with Crippen LogP contribution in [0, 0.1) is 5.92 Å². The molecule has 3 atom stereocenters. The Balaban J connectivity index is 2.41. The molecule has 0 radical (unpaired) electrons. The third-order valence-electron chi connectivity index (χ3n) is 3.16. The Morgan fingerprint density at radius 3 is 2.50 bits per heavy atom. The highest BCUT2D eigenvalue weighted by Gasteiger charge is 2.31. The molecule has 116 valence electrons. The summed E-state index contributed by atoms with van der Waals surface area (Å²) in [4.78, 5) is 22.9. The third kappa shape index (κ3) is 5.77. The van der Waals surface area contributed by atoms with Gasteiger partial charge in [-0.2, -0.15) is 0 Å². The predicted molar refractivity (Wildman–Crippen MR) is 73.3 cm³/mol. The number of ether oxygens (including phenoxy) is 3. The summed E-state index contributed by atoms with van der Waals surface area (Å²) in [6.45, 7) is 7.86. The first kappa shape index (κ1) is 16.8. The van der Waals surface area contributed by atoms with Crippen molar-refractivity contribution in [2.75, 3.05) is 13.7 Å². The number of amides is 1. The minimum Gasteiger partial charge on any atom is -0.469 e. The standard InChI is InChI=1S/C14H25NO5/c1-9-6-10(7-12(16)18-5)19-8-11(9)15-13(17)20-14(2,3)4/h9-11H,6-8H2,1-5H3,(H,15,17)/t9-,10-,11-/m0/s1. The molecule has 1 rings (SSSR count). The summed E-state index contributed by atoms with van der Waals surface area (Å²) < 4.78 is 15.4. The maximum atomic E-state index is 11.7. The first-order valence-electron chi connectivity index (χ1n) is 6.89. The molecule has 1 fully saturated rings. The van der Waals surface area contributed by atoms with Crippen molar-refractivity contribution in [3.63, 3.8) is 0 Å². The first-order valence-corrected chi connectivity index (χ1v) is 6.89. The zero-order valence-corrected chi connectivity index (χ0v) is 12.9. The molecule has 0 aromatic carbocycles. The van der Waals surface area contributed by atoms with Gasteiger partial charge in [0.1, 0.15) is 5.60 Å². The van der Waals surface area contributed by atoms with E-state index < -0.39 is 11.7 Å². The van der Waals surface area contributed by atoms with Crippen molar-refractivity contribution in [1.29, 1.82) is 0 Å². The van der Waals surface area contributed by atoms with Gasteiger partial charge >= 0.3 is 12.1 Å². The molecule has 1 N–H and O–H groups in total. The molecule has 6 nitrogen and oxygen atoms in total. The Morgan fingerprint density at radius 2 is 2.00 bits per heavy atom. The van der Waals surface area contributed by atoms with Gasteiger partial charge in [0.05, 0.1) is 32.3 Å². The second-order valence-corrected chi connectivity index (χ2v) is 6.20. The number of carbonyl (C=O) groups excluding carboxylic acids is 2. The molecule has 0 aromatic heterocycles. The summed E-state index contributed by atoms with van der Waals surface area (Å²) >= 11 is 0. The zero-order valence-electron chi connectivity index (χ0n) is 12.9. The zero-order chi connectivity index (χ0) is 15.3. The molecular formula is C14H25NO5. The lowest BCUT2D eigenvalue weighted by Crippen LogP contribution is -2.49. The van der Waals surface area contributed by atoms with Crippen molar-refractivity contribution < 1.29 is 23.8 Å². The number of alkyl carbamates (subject to hydrolysis) is 1. The van der Waals surface area contributed by atoms with Crippen LogP contribution in [0.25, 0.3) is 0 Å². The van der Waals surface area contributed by atoms with Gasteiger partial charge in [0.2, 0.25) is 0 Å². The highest BCUT2D eigenvalue weighted by molar-refractivity contribution is 5.70. The molecule has 1 aliphatic heterocycles. The number of rotatable bonds is 3. The summed E-state index contributed by atoms with van der Waals surface area (Å²) in [7, 11) is 1.36. The summed E-state index contributed by atoms with van der Waals surface area (Å²) in [6, 6.07) is -0.0984. The number of carbonyl (C=O) groups is 2. The maximum absolute atomic E-state index is 11.7. The number of methoxy groups -OCH3 is 1. The van der Waals surface area contributed by atoms with Crippen LogP contribution in [0.5, 0.6) is 0 Å². The lowest BCUT2D eigenvalue weighted by Gasteiger charge is -2.34. The highest BCUT2D eigenvalue weighted by Crippen LogP contribution is 2.23. The van der Waals surface area contributed by atoms with Gasteiger partial charge in [0, 0.05) is 0 Å². The van der Waals surface area contributed by atoms with E-state index in [1.165, 1.54) is 7.11 Å². The Hall–Kier alpha value is -1.30. The molecule has 6 heteroatoms. The molecule has 20 heavy (non-hydrogen) atoms. The molecule has 1 aliphatic rings. The van der Waals surface area contributed by atoms with E-state index in [0.29, 0.717) is 13.0 Å². The number of hydrogen-bond acceptors (Lipinski definition) is 5. The van der Waals surface area contributed by atoms with E-state index in [4.69, 9.17) is 9.47 Å². The van der Waals surface area contributed by atoms with Crippen molar-refractivity contribution in [2.45, 2.75) is 58.3 Å². The smallest absolute Gasteiger partial charge is 0.407 e. The molecule has 1 heterocycles. The van der Waals surface area contributed by atoms with E-state index in [2.05, 4.69) is 10.1 Å². The van der Waals surface area contributed by atoms with Gasteiger partial charge in [0.15, 0.2) is 0 Å². The van der Waals surface area contributed by atoms with Crippen molar-refractivity contribution in [1.82, 2.24) is 5.32 Å². The average Bonchev–Trinajstić information content (AvgIpc) is 2.30. The van der Waals surface area contributed by atoms with Crippen molar-refractivity contribution >= 4 is 12.1 Å². The Kier molecular flexibility index (Phi) is 5.80. The minimum absolute atomic E-state index is 0.0984. The molecule has 0 aromatic rings. The van der Waals surface area contributed by atoms with Crippen LogP contribution in [0.4, 0.5) is 4.79 Å². The number of esters is 1. The van der Waals surface area contributed by atoms with Crippen LogP contribution in [0.1, 0.15) is 40.5 Å². The Labute approximate surface area is 120 Å². The molecule has 0 unspecified atom stereocenters. The molecule has 1 saturated heterocycles. The quantitative estimate of drug-likeness (QED) is 0.802. The summed E-state index contributed by atoms with van der Waals surface area (Å²) in [6.07, 6.45) is 0.369. The molecule has 0 spiro atoms. The fourth-order valence-electron chi connectivity index (χ4n) is 2.11. The van der Waals surface area contributed by atoms with E-state index in [-0.39, 0.29) is 30.5 Å². The van der Waals surface area contributed by atoms with E-state index in [1.54, 1.807) is 0 Å². The van der Waals surface area contributed by atoms with Gasteiger partial charge < -0.3 is 19.5 Å². The van der Waals surface area contributed by atoms with Crippen LogP contribution in [0.2, 0.25) is 0 Å². The van der Waals surface area contributed by atoms with E-state index in [9.17, 15) is 9.59 Å². The molecule has 1 amide bonds. The van der Waals surface area contributed by atoms with Gasteiger partial charge in [-0.25, -0.2) is 4.79 Å². The van der Waals surface area contributed by atoms with Crippen molar-refractivity contribution in [2.24, 2.45) is 5.92 Å². The molecule has 0 saturated carbocycles. The van der Waals surface area contributed by atoms with Gasteiger partial charge in [-0.05, 0) is 33.1 Å². The molecular weight excluding hydrogens is 262 g/mol. The topological polar surface area (TPSA) is 73.9 Å². The first-order chi connectivity index (χ1) is 9.21. The largest absolute Gasteiger partial charge is 0.469 e. The monoisotopic (exact) mass is 287 g/mol. The number of hydrogen-bond donors (Lipinski definition) is 1. The van der Waals surface area contributed by atoms with Crippen LogP contribution in [0.3, 0.4) is 0 Å². The van der Waals surface area contributed by atoms with Gasteiger partial charge in [-0.1, -0.05) is 6.92 Å². The van der Waals surface area contributed by atoms with E-state index in [1.807, 2.05) is 27.7 Å². The second kappa shape index (κ2) is 6.92. The van der Waals surface area contributed by atoms with Crippen LogP contribution in [-0.4, -0.2) is 43.5 Å². The van der Waals surface area contributed by atoms with E-state index in [0.717, 1.165) is 0 Å². The summed E-state index contributed by atoms with van der Waals surface area (Å²) in [5, 5.41) is 2.81. The Bertz CT molecular complexity index is 350. The fraction of sp³-hybridized carbons (Fsp3) is 0.857. The predicted octanol–water partition coefficient (Wildman–Crippen LogP) is 1.87. The lowest BCUT2D eigenvalue weighted by atomic mass is 9.92. The molecule has 0 aliphatic carbocycles. The SMILES string of the molecule is COC(=O)C[C@@H]1C[C@H](C)[C@@H](NC(=O)OC(C)(C)C)CO1. The lowest BCUT2D eigenvalue weighted by molar-refractivity contribution is -0.145. The molecule has 0 bridgehead atoms. The van der Waals surface area contributed by atoms with Crippen molar-refractivity contribution in [3.05, 3.63) is 0 Å². The Morgan fingerprint density at radius 1 is 1.35 bits per heavy atom. The normalized spacial score (nSPS) is 26.8. The summed E-state index contributed by atoms with van der Waals surface area (Å²) in [5.41, 5.74) is -0.518. The fourth-order valence-corrected chi connectivity index (χ4v) is 2.11. The summed E-state index contributed by atoms with van der Waals surface area (Å²) in [5.74, 6) is -0.0633. The third-order valence-corrected chi connectivity index (χ3v) is 3.16. The average molecular weight is 287 g/mol. The van der Waals surface area contributed by atoms with Crippen LogP contribution < -0.4 is 5.32 Å². The number of nitrogens with one attached hydrogen (secondary N) is 1. The van der Waals surface area contributed by atoms with Crippen LogP contribution in [-0.2, 0) is 19.0 Å². The van der Waals surface area contributed by atoms with Gasteiger partial charge in [-0.3, -0.25) is 4.79 Å².